The van der Waals surface area contributed by atoms with Crippen LogP contribution >= 0.6 is 15.9 Å². The van der Waals surface area contributed by atoms with E-state index >= 15 is 0 Å². The van der Waals surface area contributed by atoms with Crippen LogP contribution in [0.3, 0.4) is 0 Å². The highest BCUT2D eigenvalue weighted by Crippen LogP contribution is 2.24. The fourth-order valence-corrected chi connectivity index (χ4v) is 2.37. The minimum absolute atomic E-state index is 0.185. The fourth-order valence-electron chi connectivity index (χ4n) is 2.12. The minimum Gasteiger partial charge on any atom is -0.481 e. The number of nitrogens with zero attached hydrogens (tertiary/aromatic N) is 1. The minimum atomic E-state index is -0.973. The van der Waals surface area contributed by atoms with Crippen LogP contribution in [0.2, 0.25) is 0 Å². The first kappa shape index (κ1) is 14.0. The topological polar surface area (TPSA) is 69.6 Å². The second-order valence-electron chi connectivity index (χ2n) is 4.53. The summed E-state index contributed by atoms with van der Waals surface area (Å²) in [7, 11) is 0. The fraction of sp³-hybridized carbons (Fsp3) is 0.385. The van der Waals surface area contributed by atoms with E-state index in [-0.39, 0.29) is 12.3 Å². The maximum absolute atomic E-state index is 12.2. The summed E-state index contributed by atoms with van der Waals surface area (Å²) in [6, 6.07) is 5.03. The molecule has 1 aliphatic rings. The summed E-state index contributed by atoms with van der Waals surface area (Å²) in [5.74, 6) is -1.16. The van der Waals surface area contributed by atoms with Gasteiger partial charge < -0.3 is 15.3 Å². The smallest absolute Gasteiger partial charge is 0.305 e. The van der Waals surface area contributed by atoms with Gasteiger partial charge in [-0.05, 0) is 30.7 Å². The van der Waals surface area contributed by atoms with E-state index in [1.807, 2.05) is 25.1 Å². The Morgan fingerprint density at radius 3 is 2.95 bits per heavy atom. The number of carbonyl (C=O) groups excluding carboxylic acids is 1. The molecule has 1 heterocycles. The summed E-state index contributed by atoms with van der Waals surface area (Å²) in [5.41, 5.74) is 1.85. The van der Waals surface area contributed by atoms with E-state index < -0.39 is 12.0 Å². The van der Waals surface area contributed by atoms with Gasteiger partial charge in [0.25, 0.3) is 0 Å². The number of carboxylic acids is 1. The van der Waals surface area contributed by atoms with Crippen LogP contribution in [0, 0.1) is 6.92 Å². The number of rotatable bonds is 3. The number of piperazine rings is 1. The van der Waals surface area contributed by atoms with Gasteiger partial charge in [-0.15, -0.1) is 0 Å². The summed E-state index contributed by atoms with van der Waals surface area (Å²) in [6.45, 7) is 3.10. The summed E-state index contributed by atoms with van der Waals surface area (Å²) < 4.78 is 0.987. The number of anilines is 1. The lowest BCUT2D eigenvalue weighted by Gasteiger charge is -2.32. The van der Waals surface area contributed by atoms with Crippen LogP contribution in [0.4, 0.5) is 5.69 Å². The van der Waals surface area contributed by atoms with E-state index in [1.54, 1.807) is 4.90 Å². The number of nitrogens with one attached hydrogen (secondary N) is 1. The molecule has 1 aliphatic heterocycles. The van der Waals surface area contributed by atoms with E-state index in [4.69, 9.17) is 5.11 Å². The summed E-state index contributed by atoms with van der Waals surface area (Å²) in [5, 5.41) is 11.7. The Kier molecular flexibility index (Phi) is 4.21. The Hall–Kier alpha value is -1.40. The molecule has 0 spiro atoms. The highest BCUT2D eigenvalue weighted by molar-refractivity contribution is 9.10. The molecule has 102 valence electrons. The van der Waals surface area contributed by atoms with Gasteiger partial charge in [0.1, 0.15) is 0 Å². The molecule has 1 amide bonds. The molecule has 19 heavy (non-hydrogen) atoms. The van der Waals surface area contributed by atoms with Crippen molar-refractivity contribution in [2.75, 3.05) is 18.0 Å². The zero-order chi connectivity index (χ0) is 14.0. The first-order chi connectivity index (χ1) is 8.99. The van der Waals surface area contributed by atoms with Gasteiger partial charge in [-0.2, -0.15) is 0 Å². The highest BCUT2D eigenvalue weighted by atomic mass is 79.9. The zero-order valence-electron chi connectivity index (χ0n) is 10.5. The van der Waals surface area contributed by atoms with E-state index in [0.717, 1.165) is 15.7 Å². The second kappa shape index (κ2) is 5.71. The number of hydrogen-bond donors (Lipinski definition) is 2. The van der Waals surface area contributed by atoms with E-state index in [0.29, 0.717) is 13.1 Å². The van der Waals surface area contributed by atoms with Crippen LogP contribution in [-0.2, 0) is 9.59 Å². The van der Waals surface area contributed by atoms with Crippen molar-refractivity contribution in [2.24, 2.45) is 0 Å². The molecule has 0 radical (unpaired) electrons. The lowest BCUT2D eigenvalue weighted by molar-refractivity contribution is -0.139. The number of aryl methyl sites for hydroxylation is 1. The molecule has 1 fully saturated rings. The Morgan fingerprint density at radius 2 is 2.32 bits per heavy atom. The van der Waals surface area contributed by atoms with Gasteiger partial charge in [-0.1, -0.05) is 15.9 Å². The maximum Gasteiger partial charge on any atom is 0.305 e. The molecule has 0 saturated carbocycles. The number of carbonyl (C=O) groups is 2. The number of aliphatic carboxylic acids is 1. The molecule has 1 saturated heterocycles. The second-order valence-corrected chi connectivity index (χ2v) is 5.38. The summed E-state index contributed by atoms with van der Waals surface area (Å²) in [4.78, 5) is 24.6. The molecule has 0 bridgehead atoms. The molecule has 5 nitrogen and oxygen atoms in total. The number of carboxylic acid groups (broad SMARTS) is 1. The van der Waals surface area contributed by atoms with E-state index in [9.17, 15) is 9.59 Å². The van der Waals surface area contributed by atoms with Gasteiger partial charge in [0, 0.05) is 23.2 Å². The van der Waals surface area contributed by atoms with Crippen molar-refractivity contribution in [3.8, 4) is 0 Å². The third-order valence-electron chi connectivity index (χ3n) is 3.12. The average Bonchev–Trinajstić information content (AvgIpc) is 2.35. The number of benzene rings is 1. The van der Waals surface area contributed by atoms with Crippen molar-refractivity contribution in [2.45, 2.75) is 19.4 Å². The predicted molar refractivity (Wildman–Crippen MR) is 75.3 cm³/mol. The Morgan fingerprint density at radius 1 is 1.58 bits per heavy atom. The normalized spacial score (nSPS) is 19.6. The van der Waals surface area contributed by atoms with Crippen LogP contribution < -0.4 is 10.2 Å². The molecule has 0 aromatic heterocycles. The molecule has 2 N–H and O–H groups in total. The lowest BCUT2D eigenvalue weighted by Crippen LogP contribution is -2.55. The Labute approximate surface area is 119 Å². The molecule has 2 rings (SSSR count). The first-order valence-corrected chi connectivity index (χ1v) is 6.81. The van der Waals surface area contributed by atoms with Gasteiger partial charge >= 0.3 is 5.97 Å². The van der Waals surface area contributed by atoms with Crippen LogP contribution in [0.5, 0.6) is 0 Å². The van der Waals surface area contributed by atoms with Crippen molar-refractivity contribution >= 4 is 33.5 Å². The number of halogens is 1. The van der Waals surface area contributed by atoms with Gasteiger partial charge in [-0.25, -0.2) is 0 Å². The van der Waals surface area contributed by atoms with Crippen molar-refractivity contribution in [1.82, 2.24) is 5.32 Å². The zero-order valence-corrected chi connectivity index (χ0v) is 12.1. The molecule has 1 unspecified atom stereocenters. The molecule has 1 aromatic carbocycles. The SMILES string of the molecule is Cc1cc(N2CCNC(CC(=O)O)C2=O)ccc1Br. The molecule has 6 heteroatoms. The third kappa shape index (κ3) is 3.13. The van der Waals surface area contributed by atoms with Crippen LogP contribution in [0.25, 0.3) is 0 Å². The third-order valence-corrected chi connectivity index (χ3v) is 4.01. The summed E-state index contributed by atoms with van der Waals surface area (Å²) >= 11 is 3.42. The van der Waals surface area contributed by atoms with Gasteiger partial charge in [-0.3, -0.25) is 9.59 Å². The monoisotopic (exact) mass is 326 g/mol. The molecule has 0 aliphatic carbocycles. The van der Waals surface area contributed by atoms with E-state index in [2.05, 4.69) is 21.2 Å². The lowest BCUT2D eigenvalue weighted by atomic mass is 10.1. The molecule has 1 atom stereocenters. The standard InChI is InChI=1S/C13H15BrN2O3/c1-8-6-9(2-3-10(8)14)16-5-4-15-11(13(16)19)7-12(17)18/h2-3,6,11,15H,4-5,7H2,1H3,(H,17,18). The average molecular weight is 327 g/mol. The number of hydrogen-bond acceptors (Lipinski definition) is 3. The first-order valence-electron chi connectivity index (χ1n) is 6.02. The van der Waals surface area contributed by atoms with Gasteiger partial charge in [0.15, 0.2) is 0 Å². The Balaban J connectivity index is 2.21. The largest absolute Gasteiger partial charge is 0.481 e. The quantitative estimate of drug-likeness (QED) is 0.884. The summed E-state index contributed by atoms with van der Waals surface area (Å²) in [6.07, 6.45) is -0.190. The van der Waals surface area contributed by atoms with Crippen LogP contribution in [-0.4, -0.2) is 36.1 Å². The van der Waals surface area contributed by atoms with Crippen molar-refractivity contribution in [3.05, 3.63) is 28.2 Å². The van der Waals surface area contributed by atoms with Crippen molar-refractivity contribution in [3.63, 3.8) is 0 Å². The van der Waals surface area contributed by atoms with Crippen molar-refractivity contribution in [1.29, 1.82) is 0 Å². The predicted octanol–water partition coefficient (Wildman–Crippen LogP) is 1.54. The van der Waals surface area contributed by atoms with Crippen LogP contribution in [0.15, 0.2) is 22.7 Å². The van der Waals surface area contributed by atoms with Gasteiger partial charge in [0.05, 0.1) is 12.5 Å². The molecule has 1 aromatic rings. The molecular weight excluding hydrogens is 312 g/mol. The van der Waals surface area contributed by atoms with E-state index in [1.165, 1.54) is 0 Å². The molecular formula is C13H15BrN2O3. The highest BCUT2D eigenvalue weighted by Gasteiger charge is 2.30. The maximum atomic E-state index is 12.2. The number of amides is 1. The van der Waals surface area contributed by atoms with Crippen LogP contribution in [0.1, 0.15) is 12.0 Å². The van der Waals surface area contributed by atoms with Gasteiger partial charge in [0.2, 0.25) is 5.91 Å². The Bertz CT molecular complexity index is 519. The van der Waals surface area contributed by atoms with Crippen molar-refractivity contribution < 1.29 is 14.7 Å².